The molecule has 0 fully saturated rings. The second-order valence-electron chi connectivity index (χ2n) is 4.70. The molecular weight excluding hydrogens is 220 g/mol. The third-order valence-electron chi connectivity index (χ3n) is 2.02. The first kappa shape index (κ1) is 15.4. The zero-order chi connectivity index (χ0) is 12.6. The average Bonchev–Trinajstić information content (AvgIpc) is 2.11. The molecular formula is C12H24O3Si. The maximum absolute atomic E-state index is 11.0. The first-order valence-electron chi connectivity index (χ1n) is 5.84. The minimum Gasteiger partial charge on any atom is -0.463 e. The summed E-state index contributed by atoms with van der Waals surface area (Å²) in [7, 11) is -1.57. The van der Waals surface area contributed by atoms with Gasteiger partial charge in [0.2, 0.25) is 0 Å². The summed E-state index contributed by atoms with van der Waals surface area (Å²) in [5.41, 5.74) is 0. The number of ether oxygens (including phenoxy) is 1. The first-order valence-corrected chi connectivity index (χ1v) is 8.96. The summed E-state index contributed by atoms with van der Waals surface area (Å²) < 4.78 is 10.9. The standard InChI is InChI=1S/C12H24O3Si/c1-6-8-12(13)14-9-7-10-16(4,5)15-11(2)3/h6,8,11H,7,9-10H2,1-5H3. The lowest BCUT2D eigenvalue weighted by Crippen LogP contribution is -2.33. The van der Waals surface area contributed by atoms with Gasteiger partial charge in [0, 0.05) is 12.2 Å². The van der Waals surface area contributed by atoms with Crippen molar-refractivity contribution in [1.29, 1.82) is 0 Å². The minimum atomic E-state index is -1.57. The normalized spacial score (nSPS) is 12.4. The summed E-state index contributed by atoms with van der Waals surface area (Å²) >= 11 is 0. The van der Waals surface area contributed by atoms with E-state index in [9.17, 15) is 4.79 Å². The van der Waals surface area contributed by atoms with Gasteiger partial charge in [0.15, 0.2) is 8.32 Å². The fourth-order valence-corrected chi connectivity index (χ4v) is 3.94. The Balaban J connectivity index is 3.69. The van der Waals surface area contributed by atoms with Crippen molar-refractivity contribution in [3.8, 4) is 0 Å². The van der Waals surface area contributed by atoms with Crippen molar-refractivity contribution in [3.63, 3.8) is 0 Å². The van der Waals surface area contributed by atoms with Gasteiger partial charge in [-0.15, -0.1) is 0 Å². The highest BCUT2D eigenvalue weighted by Gasteiger charge is 2.23. The predicted octanol–water partition coefficient (Wildman–Crippen LogP) is 3.13. The molecule has 0 rings (SSSR count). The smallest absolute Gasteiger partial charge is 0.330 e. The van der Waals surface area contributed by atoms with Crippen LogP contribution in [0.5, 0.6) is 0 Å². The fraction of sp³-hybridized carbons (Fsp3) is 0.750. The van der Waals surface area contributed by atoms with Crippen LogP contribution in [0.15, 0.2) is 12.2 Å². The quantitative estimate of drug-likeness (QED) is 0.299. The second kappa shape index (κ2) is 7.63. The number of allylic oxidation sites excluding steroid dienone is 1. The summed E-state index contributed by atoms with van der Waals surface area (Å²) in [4.78, 5) is 11.0. The van der Waals surface area contributed by atoms with Gasteiger partial charge in [-0.3, -0.25) is 0 Å². The Morgan fingerprint density at radius 1 is 1.38 bits per heavy atom. The molecule has 0 bridgehead atoms. The predicted molar refractivity (Wildman–Crippen MR) is 68.9 cm³/mol. The van der Waals surface area contributed by atoms with Gasteiger partial charge in [0.05, 0.1) is 6.61 Å². The second-order valence-corrected chi connectivity index (χ2v) is 8.95. The zero-order valence-electron chi connectivity index (χ0n) is 11.1. The Morgan fingerprint density at radius 3 is 2.50 bits per heavy atom. The molecule has 0 unspecified atom stereocenters. The molecule has 0 heterocycles. The number of hydrogen-bond acceptors (Lipinski definition) is 3. The van der Waals surface area contributed by atoms with Crippen molar-refractivity contribution < 1.29 is 14.0 Å². The fourth-order valence-electron chi connectivity index (χ4n) is 1.55. The highest BCUT2D eigenvalue weighted by atomic mass is 28.4. The summed E-state index contributed by atoms with van der Waals surface area (Å²) in [6.07, 6.45) is 4.29. The van der Waals surface area contributed by atoms with Gasteiger partial charge in [-0.05, 0) is 46.3 Å². The maximum atomic E-state index is 11.0. The highest BCUT2D eigenvalue weighted by Crippen LogP contribution is 2.15. The lowest BCUT2D eigenvalue weighted by Gasteiger charge is -2.25. The van der Waals surface area contributed by atoms with E-state index in [1.165, 1.54) is 6.08 Å². The van der Waals surface area contributed by atoms with Crippen LogP contribution in [0.25, 0.3) is 0 Å². The van der Waals surface area contributed by atoms with Gasteiger partial charge in [-0.1, -0.05) is 6.08 Å². The monoisotopic (exact) mass is 244 g/mol. The van der Waals surface area contributed by atoms with Crippen LogP contribution in [0.2, 0.25) is 19.1 Å². The average molecular weight is 244 g/mol. The molecule has 3 nitrogen and oxygen atoms in total. The summed E-state index contributed by atoms with van der Waals surface area (Å²) in [5, 5.41) is 0. The summed E-state index contributed by atoms with van der Waals surface area (Å²) in [5.74, 6) is -0.258. The van der Waals surface area contributed by atoms with E-state index in [4.69, 9.17) is 9.16 Å². The lowest BCUT2D eigenvalue weighted by atomic mass is 10.5. The van der Waals surface area contributed by atoms with Gasteiger partial charge in [-0.2, -0.15) is 0 Å². The lowest BCUT2D eigenvalue weighted by molar-refractivity contribution is -0.137. The van der Waals surface area contributed by atoms with E-state index < -0.39 is 8.32 Å². The molecule has 0 aromatic heterocycles. The van der Waals surface area contributed by atoms with Crippen molar-refractivity contribution in [2.45, 2.75) is 52.4 Å². The Kier molecular flexibility index (Phi) is 7.33. The Labute approximate surface area is 100.0 Å². The van der Waals surface area contributed by atoms with Crippen LogP contribution in [0.3, 0.4) is 0 Å². The van der Waals surface area contributed by atoms with Crippen molar-refractivity contribution in [1.82, 2.24) is 0 Å². The van der Waals surface area contributed by atoms with Gasteiger partial charge in [-0.25, -0.2) is 4.79 Å². The van der Waals surface area contributed by atoms with Crippen LogP contribution >= 0.6 is 0 Å². The van der Waals surface area contributed by atoms with Crippen LogP contribution in [-0.2, 0) is 14.0 Å². The number of esters is 1. The van der Waals surface area contributed by atoms with Crippen molar-refractivity contribution in [2.75, 3.05) is 6.61 Å². The highest BCUT2D eigenvalue weighted by molar-refractivity contribution is 6.71. The largest absolute Gasteiger partial charge is 0.463 e. The Bertz CT molecular complexity index is 234. The van der Waals surface area contributed by atoms with Crippen molar-refractivity contribution in [2.24, 2.45) is 0 Å². The van der Waals surface area contributed by atoms with Crippen molar-refractivity contribution >= 4 is 14.3 Å². The molecule has 0 N–H and O–H groups in total. The maximum Gasteiger partial charge on any atom is 0.330 e. The van der Waals surface area contributed by atoms with Gasteiger partial charge in [0.1, 0.15) is 0 Å². The molecule has 94 valence electrons. The molecule has 0 amide bonds. The van der Waals surface area contributed by atoms with Crippen molar-refractivity contribution in [3.05, 3.63) is 12.2 Å². The molecule has 16 heavy (non-hydrogen) atoms. The molecule has 4 heteroatoms. The SMILES string of the molecule is CC=CC(=O)OCCC[Si](C)(C)OC(C)C. The number of carbonyl (C=O) groups is 1. The number of rotatable bonds is 7. The molecule has 0 spiro atoms. The Hall–Kier alpha value is -0.613. The van der Waals surface area contributed by atoms with Crippen LogP contribution in [-0.4, -0.2) is 27.0 Å². The molecule has 0 aliphatic heterocycles. The first-order chi connectivity index (χ1) is 7.37. The van der Waals surface area contributed by atoms with E-state index in [1.54, 1.807) is 13.0 Å². The molecule has 0 radical (unpaired) electrons. The molecule has 0 aliphatic carbocycles. The summed E-state index contributed by atoms with van der Waals surface area (Å²) in [6.45, 7) is 10.8. The van der Waals surface area contributed by atoms with Crippen LogP contribution in [0.4, 0.5) is 0 Å². The van der Waals surface area contributed by atoms with E-state index >= 15 is 0 Å². The van der Waals surface area contributed by atoms with Crippen LogP contribution in [0, 0.1) is 0 Å². The van der Waals surface area contributed by atoms with E-state index in [0.29, 0.717) is 6.61 Å². The van der Waals surface area contributed by atoms with Gasteiger partial charge >= 0.3 is 5.97 Å². The molecule has 0 aromatic rings. The molecule has 0 aromatic carbocycles. The third kappa shape index (κ3) is 8.68. The molecule has 0 saturated carbocycles. The summed E-state index contributed by atoms with van der Waals surface area (Å²) in [6, 6.07) is 1.02. The molecule has 0 atom stereocenters. The topological polar surface area (TPSA) is 35.5 Å². The van der Waals surface area contributed by atoms with Gasteiger partial charge < -0.3 is 9.16 Å². The number of hydrogen-bond donors (Lipinski definition) is 0. The molecule has 0 saturated heterocycles. The van der Waals surface area contributed by atoms with E-state index in [0.717, 1.165) is 12.5 Å². The van der Waals surface area contributed by atoms with Gasteiger partial charge in [0.25, 0.3) is 0 Å². The van der Waals surface area contributed by atoms with E-state index in [-0.39, 0.29) is 12.1 Å². The van der Waals surface area contributed by atoms with E-state index in [1.807, 2.05) is 0 Å². The van der Waals surface area contributed by atoms with Crippen LogP contribution < -0.4 is 0 Å². The Morgan fingerprint density at radius 2 is 2.00 bits per heavy atom. The minimum absolute atomic E-state index is 0.258. The van der Waals surface area contributed by atoms with E-state index in [2.05, 4.69) is 26.9 Å². The zero-order valence-corrected chi connectivity index (χ0v) is 12.1. The molecule has 0 aliphatic rings. The third-order valence-corrected chi connectivity index (χ3v) is 4.69. The number of carbonyl (C=O) groups excluding carboxylic acids is 1. The van der Waals surface area contributed by atoms with Crippen LogP contribution in [0.1, 0.15) is 27.2 Å².